The highest BCUT2D eigenvalue weighted by Crippen LogP contribution is 2.21. The molecule has 0 fully saturated rings. The van der Waals surface area contributed by atoms with E-state index in [-0.39, 0.29) is 5.91 Å². The van der Waals surface area contributed by atoms with Gasteiger partial charge >= 0.3 is 0 Å². The van der Waals surface area contributed by atoms with Gasteiger partial charge in [0, 0.05) is 24.3 Å². The van der Waals surface area contributed by atoms with E-state index in [0.29, 0.717) is 18.8 Å². The first-order valence-electron chi connectivity index (χ1n) is 5.92. The average Bonchev–Trinajstić information content (AvgIpc) is 2.87. The maximum absolute atomic E-state index is 12.2. The van der Waals surface area contributed by atoms with Gasteiger partial charge in [0.2, 0.25) is 0 Å². The number of ether oxygens (including phenoxy) is 1. The molecule has 1 amide bonds. The number of carbonyl (C=O) groups excluding carboxylic acids is 1. The van der Waals surface area contributed by atoms with Gasteiger partial charge in [-0.3, -0.25) is 4.79 Å². The molecule has 1 heterocycles. The van der Waals surface area contributed by atoms with E-state index in [0.717, 1.165) is 10.2 Å². The Bertz CT molecular complexity index is 566. The monoisotopic (exact) mass is 322 g/mol. The fraction of sp³-hybridized carbons (Fsp3) is 0.214. The van der Waals surface area contributed by atoms with Crippen molar-refractivity contribution in [3.05, 3.63) is 52.8 Å². The largest absolute Gasteiger partial charge is 0.383 e. The van der Waals surface area contributed by atoms with Crippen molar-refractivity contribution < 1.29 is 9.53 Å². The molecule has 0 aliphatic rings. The normalized spacial score (nSPS) is 10.4. The molecule has 0 aliphatic heterocycles. The van der Waals surface area contributed by atoms with E-state index in [9.17, 15) is 4.79 Å². The fourth-order valence-electron chi connectivity index (χ4n) is 1.75. The van der Waals surface area contributed by atoms with Crippen LogP contribution < -0.4 is 5.32 Å². The van der Waals surface area contributed by atoms with Crippen molar-refractivity contribution in [2.24, 2.45) is 0 Å². The van der Waals surface area contributed by atoms with Crippen LogP contribution in [0.1, 0.15) is 10.5 Å². The third-order valence-electron chi connectivity index (χ3n) is 2.72. The first-order chi connectivity index (χ1) is 9.22. The van der Waals surface area contributed by atoms with Crippen LogP contribution in [-0.2, 0) is 11.3 Å². The Morgan fingerprint density at radius 3 is 2.84 bits per heavy atom. The molecule has 0 bridgehead atoms. The number of anilines is 1. The van der Waals surface area contributed by atoms with Crippen LogP contribution in [0.4, 0.5) is 5.69 Å². The summed E-state index contributed by atoms with van der Waals surface area (Å²) in [4.78, 5) is 12.2. The molecule has 0 saturated heterocycles. The molecule has 0 unspecified atom stereocenters. The zero-order valence-corrected chi connectivity index (χ0v) is 12.2. The van der Waals surface area contributed by atoms with E-state index in [1.165, 1.54) is 0 Å². The highest BCUT2D eigenvalue weighted by atomic mass is 79.9. The molecular formula is C14H15BrN2O2. The van der Waals surface area contributed by atoms with Crippen LogP contribution >= 0.6 is 15.9 Å². The number of nitrogens with one attached hydrogen (secondary N) is 1. The Morgan fingerprint density at radius 2 is 2.11 bits per heavy atom. The molecule has 1 aromatic heterocycles. The predicted molar refractivity (Wildman–Crippen MR) is 78.4 cm³/mol. The van der Waals surface area contributed by atoms with Crippen LogP contribution in [0.5, 0.6) is 0 Å². The first kappa shape index (κ1) is 13.8. The van der Waals surface area contributed by atoms with Crippen LogP contribution in [0.3, 0.4) is 0 Å². The molecule has 0 spiro atoms. The highest BCUT2D eigenvalue weighted by Gasteiger charge is 2.11. The summed E-state index contributed by atoms with van der Waals surface area (Å²) in [7, 11) is 1.64. The number of hydrogen-bond donors (Lipinski definition) is 1. The number of carbonyl (C=O) groups is 1. The van der Waals surface area contributed by atoms with E-state index in [1.54, 1.807) is 13.2 Å². The van der Waals surface area contributed by atoms with Gasteiger partial charge in [-0.05, 0) is 40.2 Å². The minimum Gasteiger partial charge on any atom is -0.383 e. The molecular weight excluding hydrogens is 308 g/mol. The van der Waals surface area contributed by atoms with Gasteiger partial charge < -0.3 is 14.6 Å². The van der Waals surface area contributed by atoms with Gasteiger partial charge in [-0.2, -0.15) is 0 Å². The molecule has 4 nitrogen and oxygen atoms in total. The van der Waals surface area contributed by atoms with Gasteiger partial charge in [0.05, 0.1) is 12.3 Å². The Kier molecular flexibility index (Phi) is 4.76. The van der Waals surface area contributed by atoms with Gasteiger partial charge in [-0.25, -0.2) is 0 Å². The van der Waals surface area contributed by atoms with Crippen molar-refractivity contribution in [1.29, 1.82) is 0 Å². The molecule has 19 heavy (non-hydrogen) atoms. The molecule has 0 aliphatic carbocycles. The summed E-state index contributed by atoms with van der Waals surface area (Å²) in [6.07, 6.45) is 1.87. The van der Waals surface area contributed by atoms with Crippen molar-refractivity contribution in [2.45, 2.75) is 6.54 Å². The van der Waals surface area contributed by atoms with Crippen LogP contribution in [0.15, 0.2) is 47.1 Å². The molecule has 2 aromatic rings. The van der Waals surface area contributed by atoms with Gasteiger partial charge in [0.15, 0.2) is 0 Å². The lowest BCUT2D eigenvalue weighted by Gasteiger charge is -2.10. The van der Waals surface area contributed by atoms with Crippen molar-refractivity contribution in [1.82, 2.24) is 4.57 Å². The Morgan fingerprint density at radius 1 is 1.32 bits per heavy atom. The lowest BCUT2D eigenvalue weighted by Crippen LogP contribution is -2.18. The molecule has 100 valence electrons. The quantitative estimate of drug-likeness (QED) is 0.918. The Labute approximate surface area is 120 Å². The number of methoxy groups -OCH3 is 1. The van der Waals surface area contributed by atoms with Crippen LogP contribution in [0.2, 0.25) is 0 Å². The second kappa shape index (κ2) is 6.54. The third kappa shape index (κ3) is 3.45. The van der Waals surface area contributed by atoms with Crippen molar-refractivity contribution in [3.8, 4) is 0 Å². The summed E-state index contributed by atoms with van der Waals surface area (Å²) in [5.41, 5.74) is 1.37. The second-order valence-corrected chi connectivity index (χ2v) is 4.87. The lowest BCUT2D eigenvalue weighted by atomic mass is 10.3. The molecule has 0 radical (unpaired) electrons. The summed E-state index contributed by atoms with van der Waals surface area (Å²) >= 11 is 3.41. The highest BCUT2D eigenvalue weighted by molar-refractivity contribution is 9.10. The first-order valence-corrected chi connectivity index (χ1v) is 6.71. The number of amides is 1. The zero-order valence-electron chi connectivity index (χ0n) is 10.6. The molecule has 0 saturated carbocycles. The van der Waals surface area contributed by atoms with Gasteiger partial charge in [0.25, 0.3) is 5.91 Å². The SMILES string of the molecule is COCCn1cccc1C(=O)Nc1ccccc1Br. The standard InChI is InChI=1S/C14H15BrN2O2/c1-19-10-9-17-8-4-7-13(17)14(18)16-12-6-3-2-5-11(12)15/h2-8H,9-10H2,1H3,(H,16,18). The summed E-state index contributed by atoms with van der Waals surface area (Å²) in [6.45, 7) is 1.23. The fourth-order valence-corrected chi connectivity index (χ4v) is 2.14. The second-order valence-electron chi connectivity index (χ2n) is 4.01. The summed E-state index contributed by atoms with van der Waals surface area (Å²) in [5, 5.41) is 2.88. The average molecular weight is 323 g/mol. The van der Waals surface area contributed by atoms with Crippen LogP contribution in [0, 0.1) is 0 Å². The van der Waals surface area contributed by atoms with Gasteiger partial charge in [0.1, 0.15) is 5.69 Å². The molecule has 5 heteroatoms. The number of rotatable bonds is 5. The lowest BCUT2D eigenvalue weighted by molar-refractivity contribution is 0.101. The minimum absolute atomic E-state index is 0.131. The maximum Gasteiger partial charge on any atom is 0.272 e. The van der Waals surface area contributed by atoms with E-state index in [1.807, 2.05) is 41.1 Å². The zero-order chi connectivity index (χ0) is 13.7. The maximum atomic E-state index is 12.2. The smallest absolute Gasteiger partial charge is 0.272 e. The van der Waals surface area contributed by atoms with E-state index in [4.69, 9.17) is 4.74 Å². The van der Waals surface area contributed by atoms with Gasteiger partial charge in [-0.1, -0.05) is 12.1 Å². The van der Waals surface area contributed by atoms with Crippen molar-refractivity contribution >= 4 is 27.5 Å². The van der Waals surface area contributed by atoms with E-state index < -0.39 is 0 Å². The number of halogens is 1. The number of aromatic nitrogens is 1. The number of hydrogen-bond acceptors (Lipinski definition) is 2. The number of para-hydroxylation sites is 1. The molecule has 1 aromatic carbocycles. The van der Waals surface area contributed by atoms with E-state index in [2.05, 4.69) is 21.2 Å². The van der Waals surface area contributed by atoms with Crippen molar-refractivity contribution in [3.63, 3.8) is 0 Å². The van der Waals surface area contributed by atoms with E-state index >= 15 is 0 Å². The van der Waals surface area contributed by atoms with Crippen LogP contribution in [-0.4, -0.2) is 24.2 Å². The number of nitrogens with zero attached hydrogens (tertiary/aromatic N) is 1. The van der Waals surface area contributed by atoms with Gasteiger partial charge in [-0.15, -0.1) is 0 Å². The Balaban J connectivity index is 2.12. The topological polar surface area (TPSA) is 43.3 Å². The molecule has 0 atom stereocenters. The molecule has 2 rings (SSSR count). The summed E-state index contributed by atoms with van der Waals surface area (Å²) in [5.74, 6) is -0.131. The third-order valence-corrected chi connectivity index (χ3v) is 3.41. The minimum atomic E-state index is -0.131. The van der Waals surface area contributed by atoms with Crippen molar-refractivity contribution in [2.75, 3.05) is 19.0 Å². The summed E-state index contributed by atoms with van der Waals surface area (Å²) in [6, 6.07) is 11.2. The predicted octanol–water partition coefficient (Wildman–Crippen LogP) is 3.15. The molecule has 1 N–H and O–H groups in total. The van der Waals surface area contributed by atoms with Crippen LogP contribution in [0.25, 0.3) is 0 Å². The Hall–Kier alpha value is -1.59. The number of benzene rings is 1. The summed E-state index contributed by atoms with van der Waals surface area (Å²) < 4.78 is 7.76.